The number of pyridine rings is 1. The molecule has 0 aliphatic heterocycles. The molecule has 0 aromatic carbocycles. The Labute approximate surface area is 119 Å². The molecule has 2 rings (SSSR count). The molecule has 0 spiro atoms. The summed E-state index contributed by atoms with van der Waals surface area (Å²) < 4.78 is 5.80. The second kappa shape index (κ2) is 7.85. The normalized spacial score (nSPS) is 16.0. The number of nitrogen functional groups attached to an aromatic ring is 1. The lowest BCUT2D eigenvalue weighted by Gasteiger charge is -2.21. The Morgan fingerprint density at radius 2 is 2.20 bits per heavy atom. The van der Waals surface area contributed by atoms with Gasteiger partial charge in [-0.2, -0.15) is 0 Å². The summed E-state index contributed by atoms with van der Waals surface area (Å²) in [7, 11) is 0. The van der Waals surface area contributed by atoms with Crippen molar-refractivity contribution in [3.8, 4) is 0 Å². The Morgan fingerprint density at radius 3 is 2.95 bits per heavy atom. The number of hydrogen-bond donors (Lipinski definition) is 2. The molecule has 1 aromatic rings. The van der Waals surface area contributed by atoms with Gasteiger partial charge < -0.3 is 15.8 Å². The third-order valence-electron chi connectivity index (χ3n) is 3.57. The van der Waals surface area contributed by atoms with E-state index in [-0.39, 0.29) is 5.91 Å². The van der Waals surface area contributed by atoms with Crippen LogP contribution in [-0.4, -0.2) is 30.1 Å². The van der Waals surface area contributed by atoms with E-state index in [1.165, 1.54) is 32.1 Å². The van der Waals surface area contributed by atoms with Crippen molar-refractivity contribution in [1.82, 2.24) is 10.3 Å². The molecule has 1 aromatic heterocycles. The van der Waals surface area contributed by atoms with Crippen molar-refractivity contribution in [2.75, 3.05) is 18.9 Å². The average molecular weight is 277 g/mol. The molecule has 1 aliphatic carbocycles. The molecule has 1 fully saturated rings. The molecular weight excluding hydrogens is 254 g/mol. The van der Waals surface area contributed by atoms with Gasteiger partial charge in [-0.15, -0.1) is 0 Å². The number of amides is 1. The van der Waals surface area contributed by atoms with Crippen molar-refractivity contribution in [3.05, 3.63) is 24.0 Å². The van der Waals surface area contributed by atoms with Gasteiger partial charge in [0.05, 0.1) is 11.8 Å². The van der Waals surface area contributed by atoms with E-state index in [9.17, 15) is 4.79 Å². The van der Waals surface area contributed by atoms with Crippen LogP contribution in [-0.2, 0) is 4.74 Å². The van der Waals surface area contributed by atoms with Crippen LogP contribution < -0.4 is 11.1 Å². The van der Waals surface area contributed by atoms with Crippen LogP contribution in [0.2, 0.25) is 0 Å². The van der Waals surface area contributed by atoms with Crippen molar-refractivity contribution in [2.45, 2.75) is 44.6 Å². The van der Waals surface area contributed by atoms with Crippen LogP contribution in [0, 0.1) is 0 Å². The van der Waals surface area contributed by atoms with E-state index >= 15 is 0 Å². The Hall–Kier alpha value is -1.62. The highest BCUT2D eigenvalue weighted by Gasteiger charge is 2.13. The Kier molecular flexibility index (Phi) is 5.80. The van der Waals surface area contributed by atoms with Gasteiger partial charge in [0.1, 0.15) is 0 Å². The highest BCUT2D eigenvalue weighted by Crippen LogP contribution is 2.20. The summed E-state index contributed by atoms with van der Waals surface area (Å²) in [6.45, 7) is 1.28. The number of nitrogens with zero attached hydrogens (tertiary/aromatic N) is 1. The van der Waals surface area contributed by atoms with Crippen LogP contribution in [0.15, 0.2) is 18.3 Å². The summed E-state index contributed by atoms with van der Waals surface area (Å²) in [5.41, 5.74) is 6.40. The van der Waals surface area contributed by atoms with Crippen LogP contribution >= 0.6 is 0 Å². The maximum atomic E-state index is 11.8. The largest absolute Gasteiger partial charge is 0.397 e. The fraction of sp³-hybridized carbons (Fsp3) is 0.600. The minimum atomic E-state index is -0.222. The molecule has 0 bridgehead atoms. The van der Waals surface area contributed by atoms with Crippen molar-refractivity contribution < 1.29 is 9.53 Å². The van der Waals surface area contributed by atoms with Gasteiger partial charge in [0, 0.05) is 19.3 Å². The van der Waals surface area contributed by atoms with Gasteiger partial charge in [-0.3, -0.25) is 4.79 Å². The van der Waals surface area contributed by atoms with Crippen molar-refractivity contribution >= 4 is 11.6 Å². The van der Waals surface area contributed by atoms with Crippen LogP contribution in [0.4, 0.5) is 5.69 Å². The standard InChI is InChI=1S/C15H23N3O2/c16-13-8-4-9-17-14(13)15(19)18-10-5-11-20-12-6-2-1-3-7-12/h4,8-9,12H,1-3,5-7,10-11,16H2,(H,18,19). The van der Waals surface area contributed by atoms with Crippen LogP contribution in [0.1, 0.15) is 49.0 Å². The Balaban J connectivity index is 1.61. The third-order valence-corrected chi connectivity index (χ3v) is 3.57. The van der Waals surface area contributed by atoms with E-state index in [1.54, 1.807) is 18.3 Å². The first-order chi connectivity index (χ1) is 9.77. The van der Waals surface area contributed by atoms with Gasteiger partial charge in [0.25, 0.3) is 5.91 Å². The van der Waals surface area contributed by atoms with E-state index in [4.69, 9.17) is 10.5 Å². The lowest BCUT2D eigenvalue weighted by Crippen LogP contribution is -2.27. The molecule has 5 heteroatoms. The number of carbonyl (C=O) groups is 1. The van der Waals surface area contributed by atoms with Crippen LogP contribution in [0.5, 0.6) is 0 Å². The molecule has 5 nitrogen and oxygen atoms in total. The summed E-state index contributed by atoms with van der Waals surface area (Å²) in [5.74, 6) is -0.222. The maximum Gasteiger partial charge on any atom is 0.272 e. The van der Waals surface area contributed by atoms with E-state index in [0.717, 1.165) is 6.42 Å². The maximum absolute atomic E-state index is 11.8. The number of ether oxygens (including phenoxy) is 1. The minimum absolute atomic E-state index is 0.222. The monoisotopic (exact) mass is 277 g/mol. The van der Waals surface area contributed by atoms with Crippen molar-refractivity contribution in [1.29, 1.82) is 0 Å². The molecule has 1 amide bonds. The molecule has 1 aliphatic rings. The summed E-state index contributed by atoms with van der Waals surface area (Å²) in [5, 5.41) is 2.82. The SMILES string of the molecule is Nc1cccnc1C(=O)NCCCOC1CCCCC1. The number of rotatable bonds is 6. The summed E-state index contributed by atoms with van der Waals surface area (Å²) in [6.07, 6.45) is 9.05. The Morgan fingerprint density at radius 1 is 1.40 bits per heavy atom. The first-order valence-electron chi connectivity index (χ1n) is 7.37. The zero-order valence-corrected chi connectivity index (χ0v) is 11.8. The second-order valence-electron chi connectivity index (χ2n) is 5.18. The molecule has 0 atom stereocenters. The van der Waals surface area contributed by atoms with Crippen molar-refractivity contribution in [2.24, 2.45) is 0 Å². The van der Waals surface area contributed by atoms with Gasteiger partial charge >= 0.3 is 0 Å². The van der Waals surface area contributed by atoms with E-state index < -0.39 is 0 Å². The fourth-order valence-electron chi connectivity index (χ4n) is 2.45. The number of nitrogens with two attached hydrogens (primary N) is 1. The first kappa shape index (κ1) is 14.8. The molecule has 1 heterocycles. The van der Waals surface area contributed by atoms with Gasteiger partial charge in [-0.05, 0) is 31.4 Å². The number of aromatic nitrogens is 1. The van der Waals surface area contributed by atoms with E-state index in [0.29, 0.717) is 30.6 Å². The molecule has 1 saturated carbocycles. The third kappa shape index (κ3) is 4.49. The van der Waals surface area contributed by atoms with Crippen molar-refractivity contribution in [3.63, 3.8) is 0 Å². The Bertz CT molecular complexity index is 431. The quantitative estimate of drug-likeness (QED) is 0.781. The summed E-state index contributed by atoms with van der Waals surface area (Å²) in [6, 6.07) is 3.39. The average Bonchev–Trinajstić information content (AvgIpc) is 2.48. The first-order valence-corrected chi connectivity index (χ1v) is 7.37. The topological polar surface area (TPSA) is 77.2 Å². The van der Waals surface area contributed by atoms with Gasteiger partial charge in [-0.25, -0.2) is 4.98 Å². The zero-order valence-electron chi connectivity index (χ0n) is 11.8. The van der Waals surface area contributed by atoms with Crippen LogP contribution in [0.3, 0.4) is 0 Å². The molecule has 0 radical (unpaired) electrons. The predicted octanol–water partition coefficient (Wildman–Crippen LogP) is 2.13. The highest BCUT2D eigenvalue weighted by atomic mass is 16.5. The molecule has 0 unspecified atom stereocenters. The summed E-state index contributed by atoms with van der Waals surface area (Å²) >= 11 is 0. The number of anilines is 1. The van der Waals surface area contributed by atoms with E-state index in [2.05, 4.69) is 10.3 Å². The molecule has 3 N–H and O–H groups in total. The smallest absolute Gasteiger partial charge is 0.272 e. The number of hydrogen-bond acceptors (Lipinski definition) is 4. The molecular formula is C15H23N3O2. The lowest BCUT2D eigenvalue weighted by molar-refractivity contribution is 0.0273. The minimum Gasteiger partial charge on any atom is -0.397 e. The predicted molar refractivity (Wildman–Crippen MR) is 78.4 cm³/mol. The molecule has 0 saturated heterocycles. The number of nitrogens with one attached hydrogen (secondary N) is 1. The lowest BCUT2D eigenvalue weighted by atomic mass is 9.98. The summed E-state index contributed by atoms with van der Waals surface area (Å²) in [4.78, 5) is 15.8. The highest BCUT2D eigenvalue weighted by molar-refractivity contribution is 5.96. The second-order valence-corrected chi connectivity index (χ2v) is 5.18. The van der Waals surface area contributed by atoms with Gasteiger partial charge in [-0.1, -0.05) is 19.3 Å². The van der Waals surface area contributed by atoms with Crippen LogP contribution in [0.25, 0.3) is 0 Å². The van der Waals surface area contributed by atoms with E-state index in [1.807, 2.05) is 0 Å². The fourth-order valence-corrected chi connectivity index (χ4v) is 2.45. The molecule has 110 valence electrons. The number of carbonyl (C=O) groups excluding carboxylic acids is 1. The van der Waals surface area contributed by atoms with Gasteiger partial charge in [0.15, 0.2) is 5.69 Å². The van der Waals surface area contributed by atoms with Gasteiger partial charge in [0.2, 0.25) is 0 Å². The molecule has 20 heavy (non-hydrogen) atoms. The zero-order chi connectivity index (χ0) is 14.2.